The maximum absolute atomic E-state index is 4.57. The topological polar surface area (TPSA) is 12.4 Å². The summed E-state index contributed by atoms with van der Waals surface area (Å²) in [6.07, 6.45) is 7.08. The molecule has 17 heavy (non-hydrogen) atoms. The Morgan fingerprint density at radius 2 is 1.59 bits per heavy atom. The number of benzene rings is 1. The summed E-state index contributed by atoms with van der Waals surface area (Å²) in [7, 11) is 0. The lowest BCUT2D eigenvalue weighted by Crippen LogP contribution is -2.25. The van der Waals surface area contributed by atoms with Crippen LogP contribution in [0.3, 0.4) is 0 Å². The molecule has 0 unspecified atom stereocenters. The highest BCUT2D eigenvalue weighted by Gasteiger charge is 2.34. The van der Waals surface area contributed by atoms with Crippen LogP contribution >= 0.6 is 0 Å². The molecular weight excluding hydrogens is 206 g/mol. The van der Waals surface area contributed by atoms with E-state index in [2.05, 4.69) is 49.3 Å². The zero-order chi connectivity index (χ0) is 12.7. The Labute approximate surface area is 106 Å². The van der Waals surface area contributed by atoms with Crippen LogP contribution in [0.1, 0.15) is 58.9 Å². The highest BCUT2D eigenvalue weighted by molar-refractivity contribution is 5.85. The molecule has 1 aromatic rings. The van der Waals surface area contributed by atoms with Crippen molar-refractivity contribution in [3.63, 3.8) is 0 Å². The first-order valence-electron chi connectivity index (χ1n) is 6.97. The third-order valence-corrected chi connectivity index (χ3v) is 3.28. The Morgan fingerprint density at radius 1 is 1.00 bits per heavy atom. The van der Waals surface area contributed by atoms with Crippen LogP contribution < -0.4 is 0 Å². The normalized spacial score (nSPS) is 15.1. The summed E-state index contributed by atoms with van der Waals surface area (Å²) >= 11 is 0. The summed E-state index contributed by atoms with van der Waals surface area (Å²) < 4.78 is 0. The van der Waals surface area contributed by atoms with Crippen molar-refractivity contribution in [3.8, 4) is 0 Å². The van der Waals surface area contributed by atoms with Gasteiger partial charge in [0.25, 0.3) is 0 Å². The molecule has 1 aliphatic heterocycles. The molecule has 0 saturated carbocycles. The van der Waals surface area contributed by atoms with Crippen LogP contribution in [0.5, 0.6) is 0 Å². The molecule has 0 atom stereocenters. The van der Waals surface area contributed by atoms with E-state index in [0.29, 0.717) is 0 Å². The zero-order valence-electron chi connectivity index (χ0n) is 11.7. The molecule has 1 aliphatic rings. The van der Waals surface area contributed by atoms with Gasteiger partial charge < -0.3 is 0 Å². The van der Waals surface area contributed by atoms with Gasteiger partial charge in [0.1, 0.15) is 0 Å². The van der Waals surface area contributed by atoms with Crippen molar-refractivity contribution in [2.45, 2.75) is 58.8 Å². The molecule has 0 aliphatic carbocycles. The first kappa shape index (κ1) is 14.0. The lowest BCUT2D eigenvalue weighted by molar-refractivity contribution is 0.489. The lowest BCUT2D eigenvalue weighted by atomic mass is 9.75. The van der Waals surface area contributed by atoms with E-state index in [-0.39, 0.29) is 5.41 Å². The van der Waals surface area contributed by atoms with Gasteiger partial charge in [-0.05, 0) is 24.5 Å². The van der Waals surface area contributed by atoms with Crippen molar-refractivity contribution in [1.82, 2.24) is 0 Å². The molecule has 0 aromatic heterocycles. The second kappa shape index (κ2) is 6.58. The van der Waals surface area contributed by atoms with Gasteiger partial charge in [0, 0.05) is 11.6 Å². The van der Waals surface area contributed by atoms with Crippen LogP contribution in [-0.2, 0) is 5.41 Å². The minimum atomic E-state index is 0.236. The van der Waals surface area contributed by atoms with Crippen LogP contribution in [0.4, 0.5) is 5.69 Å². The predicted molar refractivity (Wildman–Crippen MR) is 77.4 cm³/mol. The van der Waals surface area contributed by atoms with Gasteiger partial charge in [-0.25, -0.2) is 0 Å². The van der Waals surface area contributed by atoms with E-state index in [4.69, 9.17) is 0 Å². The number of para-hydroxylation sites is 1. The summed E-state index contributed by atoms with van der Waals surface area (Å²) in [5.41, 5.74) is 2.85. The van der Waals surface area contributed by atoms with Crippen molar-refractivity contribution in [2.24, 2.45) is 4.99 Å². The van der Waals surface area contributed by atoms with Crippen LogP contribution in [0, 0.1) is 0 Å². The fourth-order valence-electron chi connectivity index (χ4n) is 2.69. The Hall–Kier alpha value is -1.11. The number of nitrogens with zero attached hydrogens (tertiary/aromatic N) is 1. The van der Waals surface area contributed by atoms with Crippen LogP contribution in [0.15, 0.2) is 29.3 Å². The molecule has 0 radical (unpaired) electrons. The standard InChI is InChI=1S/C14H19N.C2H6/c1-3-9-14(10-4-2)11-15-13-8-6-5-7-12(13)14;1-2/h5-8,11H,3-4,9-10H2,1-2H3;1-2H3. The molecule has 1 aromatic carbocycles. The third-order valence-electron chi connectivity index (χ3n) is 3.28. The molecular formula is C16H25N. The van der Waals surface area contributed by atoms with Crippen LogP contribution in [0.25, 0.3) is 0 Å². The van der Waals surface area contributed by atoms with E-state index in [1.807, 2.05) is 13.8 Å². The van der Waals surface area contributed by atoms with Gasteiger partial charge in [-0.2, -0.15) is 0 Å². The fourth-order valence-corrected chi connectivity index (χ4v) is 2.69. The van der Waals surface area contributed by atoms with E-state index >= 15 is 0 Å². The van der Waals surface area contributed by atoms with E-state index in [1.165, 1.54) is 36.9 Å². The van der Waals surface area contributed by atoms with Crippen molar-refractivity contribution in [1.29, 1.82) is 0 Å². The van der Waals surface area contributed by atoms with Crippen molar-refractivity contribution < 1.29 is 0 Å². The first-order chi connectivity index (χ1) is 8.32. The predicted octanol–water partition coefficient (Wildman–Crippen LogP) is 5.27. The SMILES string of the molecule is CC.CCCC1(CCC)C=Nc2ccccc21. The smallest absolute Gasteiger partial charge is 0.0667 e. The van der Waals surface area contributed by atoms with E-state index < -0.39 is 0 Å². The Kier molecular flexibility index (Phi) is 5.40. The van der Waals surface area contributed by atoms with Gasteiger partial charge in [0.2, 0.25) is 0 Å². The number of fused-ring (bicyclic) bond motifs is 1. The summed E-state index contributed by atoms with van der Waals surface area (Å²) in [6, 6.07) is 8.57. The zero-order valence-corrected chi connectivity index (χ0v) is 11.7. The lowest BCUT2D eigenvalue weighted by Gasteiger charge is -2.26. The van der Waals surface area contributed by atoms with Crippen molar-refractivity contribution in [3.05, 3.63) is 29.8 Å². The summed E-state index contributed by atoms with van der Waals surface area (Å²) in [5, 5.41) is 0. The molecule has 0 spiro atoms. The van der Waals surface area contributed by atoms with Gasteiger partial charge in [-0.15, -0.1) is 0 Å². The van der Waals surface area contributed by atoms with Crippen LogP contribution in [-0.4, -0.2) is 6.21 Å². The van der Waals surface area contributed by atoms with E-state index in [0.717, 1.165) is 0 Å². The molecule has 0 bridgehead atoms. The maximum atomic E-state index is 4.57. The minimum absolute atomic E-state index is 0.236. The highest BCUT2D eigenvalue weighted by atomic mass is 14.8. The highest BCUT2D eigenvalue weighted by Crippen LogP contribution is 2.42. The number of hydrogen-bond acceptors (Lipinski definition) is 1. The largest absolute Gasteiger partial charge is 0.260 e. The number of rotatable bonds is 4. The summed E-state index contributed by atoms with van der Waals surface area (Å²) in [6.45, 7) is 8.51. The maximum Gasteiger partial charge on any atom is 0.0667 e. The Morgan fingerprint density at radius 3 is 2.18 bits per heavy atom. The second-order valence-corrected chi connectivity index (χ2v) is 4.43. The third kappa shape index (κ3) is 2.77. The minimum Gasteiger partial charge on any atom is -0.260 e. The van der Waals surface area contributed by atoms with Gasteiger partial charge in [0.05, 0.1) is 5.69 Å². The number of aliphatic imine (C=N–C) groups is 1. The molecule has 0 saturated heterocycles. The van der Waals surface area contributed by atoms with Crippen LogP contribution in [0.2, 0.25) is 0 Å². The average Bonchev–Trinajstić information content (AvgIpc) is 2.73. The Bertz CT molecular complexity index is 360. The van der Waals surface area contributed by atoms with E-state index in [9.17, 15) is 0 Å². The molecule has 0 amide bonds. The fraction of sp³-hybridized carbons (Fsp3) is 0.562. The van der Waals surface area contributed by atoms with Gasteiger partial charge in [-0.3, -0.25) is 4.99 Å². The Balaban J connectivity index is 0.000000686. The molecule has 2 rings (SSSR count). The van der Waals surface area contributed by atoms with E-state index in [1.54, 1.807) is 0 Å². The molecule has 1 heteroatoms. The molecule has 1 nitrogen and oxygen atoms in total. The molecule has 1 heterocycles. The average molecular weight is 231 g/mol. The van der Waals surface area contributed by atoms with Gasteiger partial charge in [-0.1, -0.05) is 58.7 Å². The monoisotopic (exact) mass is 231 g/mol. The van der Waals surface area contributed by atoms with Crippen molar-refractivity contribution >= 4 is 11.9 Å². The molecule has 0 N–H and O–H groups in total. The molecule has 0 fully saturated rings. The second-order valence-electron chi connectivity index (χ2n) is 4.43. The quantitative estimate of drug-likeness (QED) is 0.669. The van der Waals surface area contributed by atoms with Gasteiger partial charge >= 0.3 is 0 Å². The first-order valence-corrected chi connectivity index (χ1v) is 6.97. The summed E-state index contributed by atoms with van der Waals surface area (Å²) in [4.78, 5) is 4.57. The van der Waals surface area contributed by atoms with Gasteiger partial charge in [0.15, 0.2) is 0 Å². The summed E-state index contributed by atoms with van der Waals surface area (Å²) in [5.74, 6) is 0. The molecule has 94 valence electrons. The van der Waals surface area contributed by atoms with Crippen molar-refractivity contribution in [2.75, 3.05) is 0 Å². The number of hydrogen-bond donors (Lipinski definition) is 0.